The summed E-state index contributed by atoms with van der Waals surface area (Å²) in [6, 6.07) is 4.12. The van der Waals surface area contributed by atoms with Gasteiger partial charge in [0.25, 0.3) is 0 Å². The van der Waals surface area contributed by atoms with Crippen LogP contribution in [0.1, 0.15) is 29.5 Å². The van der Waals surface area contributed by atoms with Gasteiger partial charge in [0.1, 0.15) is 0 Å². The Morgan fingerprint density at radius 1 is 1.45 bits per heavy atom. The monoisotopic (exact) mass is 326 g/mol. The van der Waals surface area contributed by atoms with E-state index in [1.165, 1.54) is 9.75 Å². The molecule has 1 fully saturated rings. The molecule has 1 aliphatic rings. The molecule has 3 N–H and O–H groups in total. The lowest BCUT2D eigenvalue weighted by atomic mass is 9.81. The van der Waals surface area contributed by atoms with Gasteiger partial charge < -0.3 is 20.5 Å². The van der Waals surface area contributed by atoms with E-state index in [9.17, 15) is 9.90 Å². The van der Waals surface area contributed by atoms with Gasteiger partial charge in [0, 0.05) is 47.4 Å². The minimum absolute atomic E-state index is 0.0813. The Hall–Kier alpha value is -1.11. The molecule has 2 rings (SSSR count). The van der Waals surface area contributed by atoms with Gasteiger partial charge in [0.05, 0.1) is 6.61 Å². The second-order valence-electron chi connectivity index (χ2n) is 6.22. The van der Waals surface area contributed by atoms with Crippen molar-refractivity contribution in [2.75, 3.05) is 26.4 Å². The van der Waals surface area contributed by atoms with E-state index < -0.39 is 0 Å². The van der Waals surface area contributed by atoms with Crippen molar-refractivity contribution in [1.29, 1.82) is 0 Å². The van der Waals surface area contributed by atoms with E-state index in [2.05, 4.69) is 29.7 Å². The molecular weight excluding hydrogens is 300 g/mol. The Morgan fingerprint density at radius 2 is 2.18 bits per heavy atom. The van der Waals surface area contributed by atoms with Crippen molar-refractivity contribution >= 4 is 17.4 Å². The third-order valence-corrected chi connectivity index (χ3v) is 5.22. The minimum Gasteiger partial charge on any atom is -0.396 e. The fourth-order valence-corrected chi connectivity index (χ4v) is 3.70. The van der Waals surface area contributed by atoms with Crippen LogP contribution in [0, 0.1) is 12.3 Å². The molecule has 124 valence electrons. The molecular formula is C16H26N2O3S. The molecule has 2 heterocycles. The van der Waals surface area contributed by atoms with E-state index in [0.717, 1.165) is 19.3 Å². The number of urea groups is 1. The Kier molecular flexibility index (Phi) is 6.23. The van der Waals surface area contributed by atoms with Crippen LogP contribution in [0.25, 0.3) is 0 Å². The number of carbonyl (C=O) groups is 1. The van der Waals surface area contributed by atoms with E-state index in [1.54, 1.807) is 11.3 Å². The van der Waals surface area contributed by atoms with Crippen LogP contribution in [-0.2, 0) is 11.2 Å². The van der Waals surface area contributed by atoms with Crippen molar-refractivity contribution in [1.82, 2.24) is 10.6 Å². The molecule has 5 nitrogen and oxygen atoms in total. The molecule has 0 saturated carbocycles. The highest BCUT2D eigenvalue weighted by Crippen LogP contribution is 2.28. The van der Waals surface area contributed by atoms with Crippen molar-refractivity contribution in [3.8, 4) is 0 Å². The number of hydrogen-bond acceptors (Lipinski definition) is 4. The van der Waals surface area contributed by atoms with E-state index in [0.29, 0.717) is 19.8 Å². The number of aliphatic hydroxyl groups is 1. The maximum Gasteiger partial charge on any atom is 0.315 e. The average molecular weight is 326 g/mol. The van der Waals surface area contributed by atoms with Gasteiger partial charge in [-0.1, -0.05) is 0 Å². The van der Waals surface area contributed by atoms with Crippen molar-refractivity contribution in [2.24, 2.45) is 5.41 Å². The first-order valence-corrected chi connectivity index (χ1v) is 8.63. The number of thiophene rings is 1. The number of amides is 2. The summed E-state index contributed by atoms with van der Waals surface area (Å²) in [5.74, 6) is 0. The van der Waals surface area contributed by atoms with Crippen molar-refractivity contribution in [2.45, 2.75) is 39.2 Å². The number of hydrogen-bond donors (Lipinski definition) is 3. The SMILES string of the molecule is Cc1ccc(CC(C)NC(=O)NCC2(CO)CCOCC2)s1. The van der Waals surface area contributed by atoms with Crippen LogP contribution in [0.4, 0.5) is 4.79 Å². The van der Waals surface area contributed by atoms with E-state index >= 15 is 0 Å². The summed E-state index contributed by atoms with van der Waals surface area (Å²) in [7, 11) is 0. The largest absolute Gasteiger partial charge is 0.396 e. The Morgan fingerprint density at radius 3 is 2.77 bits per heavy atom. The molecule has 1 aromatic rings. The number of nitrogens with one attached hydrogen (secondary N) is 2. The van der Waals surface area contributed by atoms with Crippen LogP contribution < -0.4 is 10.6 Å². The van der Waals surface area contributed by atoms with Gasteiger partial charge in [-0.2, -0.15) is 0 Å². The second kappa shape index (κ2) is 7.94. The summed E-state index contributed by atoms with van der Waals surface area (Å²) in [5, 5.41) is 15.5. The molecule has 0 bridgehead atoms. The van der Waals surface area contributed by atoms with Crippen LogP contribution in [-0.4, -0.2) is 43.5 Å². The standard InChI is InChI=1S/C16H26N2O3S/c1-12(9-14-4-3-13(2)22-14)18-15(20)17-10-16(11-19)5-7-21-8-6-16/h3-4,12,19H,5-11H2,1-2H3,(H2,17,18,20). The summed E-state index contributed by atoms with van der Waals surface area (Å²) in [5.41, 5.74) is -0.232. The quantitative estimate of drug-likeness (QED) is 0.749. The van der Waals surface area contributed by atoms with E-state index in [4.69, 9.17) is 4.74 Å². The summed E-state index contributed by atoms with van der Waals surface area (Å²) in [6.45, 7) is 5.96. The van der Waals surface area contributed by atoms with Gasteiger partial charge in [-0.3, -0.25) is 0 Å². The van der Waals surface area contributed by atoms with Crippen molar-refractivity contribution < 1.29 is 14.6 Å². The fourth-order valence-electron chi connectivity index (χ4n) is 2.69. The molecule has 0 radical (unpaired) electrons. The van der Waals surface area contributed by atoms with Gasteiger partial charge in [0.2, 0.25) is 0 Å². The van der Waals surface area contributed by atoms with Crippen LogP contribution in [0.5, 0.6) is 0 Å². The fraction of sp³-hybridized carbons (Fsp3) is 0.688. The van der Waals surface area contributed by atoms with Crippen LogP contribution in [0.3, 0.4) is 0 Å². The zero-order valence-corrected chi connectivity index (χ0v) is 14.2. The predicted octanol–water partition coefficient (Wildman–Crippen LogP) is 2.08. The molecule has 1 saturated heterocycles. The minimum atomic E-state index is -0.232. The highest BCUT2D eigenvalue weighted by Gasteiger charge is 2.32. The number of aliphatic hydroxyl groups excluding tert-OH is 1. The summed E-state index contributed by atoms with van der Waals surface area (Å²) >= 11 is 1.76. The molecule has 0 spiro atoms. The molecule has 0 aromatic carbocycles. The third-order valence-electron chi connectivity index (χ3n) is 4.19. The number of ether oxygens (including phenoxy) is 1. The summed E-state index contributed by atoms with van der Waals surface area (Å²) in [4.78, 5) is 14.6. The maximum absolute atomic E-state index is 12.0. The Bertz CT molecular complexity index is 483. The molecule has 1 atom stereocenters. The maximum atomic E-state index is 12.0. The normalized spacial score (nSPS) is 18.7. The number of rotatable bonds is 6. The van der Waals surface area contributed by atoms with Crippen LogP contribution in [0.2, 0.25) is 0 Å². The molecule has 0 aliphatic carbocycles. The van der Waals surface area contributed by atoms with Gasteiger partial charge >= 0.3 is 6.03 Å². The smallest absolute Gasteiger partial charge is 0.315 e. The van der Waals surface area contributed by atoms with E-state index in [-0.39, 0.29) is 24.1 Å². The first-order valence-electron chi connectivity index (χ1n) is 7.81. The first kappa shape index (κ1) is 17.2. The van der Waals surface area contributed by atoms with Crippen molar-refractivity contribution in [3.05, 3.63) is 21.9 Å². The second-order valence-corrected chi connectivity index (χ2v) is 7.59. The molecule has 1 aliphatic heterocycles. The molecule has 1 unspecified atom stereocenters. The Balaban J connectivity index is 1.74. The highest BCUT2D eigenvalue weighted by molar-refractivity contribution is 7.11. The molecule has 22 heavy (non-hydrogen) atoms. The predicted molar refractivity (Wildman–Crippen MR) is 88.3 cm³/mol. The lowest BCUT2D eigenvalue weighted by molar-refractivity contribution is -0.0139. The summed E-state index contributed by atoms with van der Waals surface area (Å²) < 4.78 is 5.33. The van der Waals surface area contributed by atoms with E-state index in [1.807, 2.05) is 6.92 Å². The molecule has 1 aromatic heterocycles. The topological polar surface area (TPSA) is 70.6 Å². The summed E-state index contributed by atoms with van der Waals surface area (Å²) in [6.07, 6.45) is 2.41. The van der Waals surface area contributed by atoms with Crippen LogP contribution in [0.15, 0.2) is 12.1 Å². The first-order chi connectivity index (χ1) is 10.5. The van der Waals surface area contributed by atoms with Crippen LogP contribution >= 0.6 is 11.3 Å². The molecule has 6 heteroatoms. The average Bonchev–Trinajstić information content (AvgIpc) is 2.91. The number of carbonyl (C=O) groups excluding carboxylic acids is 1. The lowest BCUT2D eigenvalue weighted by Gasteiger charge is -2.35. The third kappa shape index (κ3) is 4.97. The van der Waals surface area contributed by atoms with Gasteiger partial charge in [0.15, 0.2) is 0 Å². The zero-order chi connectivity index (χ0) is 16.0. The van der Waals surface area contributed by atoms with Gasteiger partial charge in [-0.15, -0.1) is 11.3 Å². The van der Waals surface area contributed by atoms with Crippen molar-refractivity contribution in [3.63, 3.8) is 0 Å². The number of aryl methyl sites for hydroxylation is 1. The highest BCUT2D eigenvalue weighted by atomic mass is 32.1. The zero-order valence-electron chi connectivity index (χ0n) is 13.4. The molecule has 2 amide bonds. The van der Waals surface area contributed by atoms with Gasteiger partial charge in [-0.25, -0.2) is 4.79 Å². The Labute approximate surface area is 136 Å². The van der Waals surface area contributed by atoms with Gasteiger partial charge in [-0.05, 0) is 38.8 Å². The lowest BCUT2D eigenvalue weighted by Crippen LogP contribution is -2.48.